The van der Waals surface area contributed by atoms with Crippen LogP contribution in [0.5, 0.6) is 0 Å². The van der Waals surface area contributed by atoms with Crippen LogP contribution in [-0.4, -0.2) is 35.8 Å². The Bertz CT molecular complexity index is 287. The van der Waals surface area contributed by atoms with E-state index >= 15 is 0 Å². The quantitative estimate of drug-likeness (QED) is 0.383. The minimum atomic E-state index is -0.345. The van der Waals surface area contributed by atoms with E-state index in [0.717, 1.165) is 0 Å². The third kappa shape index (κ3) is 3.04. The molecule has 0 aromatic rings. The second-order valence-electron chi connectivity index (χ2n) is 3.68. The highest BCUT2D eigenvalue weighted by atomic mass is 16.5. The van der Waals surface area contributed by atoms with Gasteiger partial charge in [-0.05, 0) is 6.42 Å². The van der Waals surface area contributed by atoms with Crippen LogP contribution in [0, 0.1) is 5.92 Å². The Morgan fingerprint density at radius 2 is 2.20 bits per heavy atom. The summed E-state index contributed by atoms with van der Waals surface area (Å²) < 4.78 is 4.71. The van der Waals surface area contributed by atoms with Crippen LogP contribution in [0.15, 0.2) is 0 Å². The minimum absolute atomic E-state index is 0.122. The zero-order valence-corrected chi connectivity index (χ0v) is 8.99. The maximum atomic E-state index is 11.4. The van der Waals surface area contributed by atoms with Crippen LogP contribution < -0.4 is 0 Å². The van der Waals surface area contributed by atoms with Gasteiger partial charge in [0.15, 0.2) is 0 Å². The molecule has 15 heavy (non-hydrogen) atoms. The Morgan fingerprint density at radius 1 is 1.53 bits per heavy atom. The van der Waals surface area contributed by atoms with Gasteiger partial charge in [-0.25, -0.2) is 0 Å². The van der Waals surface area contributed by atoms with Crippen molar-refractivity contribution in [2.24, 2.45) is 5.92 Å². The van der Waals surface area contributed by atoms with E-state index in [0.29, 0.717) is 19.4 Å². The summed E-state index contributed by atoms with van der Waals surface area (Å²) in [7, 11) is 0. The number of imide groups is 1. The number of carbonyl (C=O) groups excluding carboxylic acids is 3. The topological polar surface area (TPSA) is 63.7 Å². The van der Waals surface area contributed by atoms with E-state index < -0.39 is 0 Å². The Labute approximate surface area is 88.4 Å². The molecule has 5 heteroatoms. The second-order valence-corrected chi connectivity index (χ2v) is 3.68. The normalized spacial score (nSPS) is 20.9. The van der Waals surface area contributed by atoms with E-state index in [1.54, 1.807) is 6.92 Å². The van der Waals surface area contributed by atoms with Gasteiger partial charge in [-0.15, -0.1) is 0 Å². The van der Waals surface area contributed by atoms with Gasteiger partial charge >= 0.3 is 5.97 Å². The summed E-state index contributed by atoms with van der Waals surface area (Å²) in [6, 6.07) is 0. The zero-order chi connectivity index (χ0) is 11.4. The van der Waals surface area contributed by atoms with Crippen LogP contribution in [0.3, 0.4) is 0 Å². The van der Waals surface area contributed by atoms with Crippen molar-refractivity contribution >= 4 is 17.8 Å². The van der Waals surface area contributed by atoms with E-state index in [4.69, 9.17) is 4.74 Å². The first kappa shape index (κ1) is 11.7. The second kappa shape index (κ2) is 4.91. The van der Waals surface area contributed by atoms with Crippen molar-refractivity contribution in [1.82, 2.24) is 4.90 Å². The molecule has 1 heterocycles. The molecule has 1 fully saturated rings. The van der Waals surface area contributed by atoms with E-state index in [-0.39, 0.29) is 30.3 Å². The van der Waals surface area contributed by atoms with Gasteiger partial charge < -0.3 is 4.74 Å². The monoisotopic (exact) mass is 213 g/mol. The number of likely N-dealkylation sites (tertiary alicyclic amines) is 1. The van der Waals surface area contributed by atoms with Crippen molar-refractivity contribution in [3.05, 3.63) is 0 Å². The molecule has 1 atom stereocenters. The van der Waals surface area contributed by atoms with E-state index in [2.05, 4.69) is 0 Å². The standard InChI is InChI=1S/C10H15NO4/c1-7-6-9(13)11(10(7)14)4-3-5-15-8(2)12/h7H,3-6H2,1-2H3. The highest BCUT2D eigenvalue weighted by molar-refractivity contribution is 6.03. The maximum absolute atomic E-state index is 11.4. The van der Waals surface area contributed by atoms with Crippen LogP contribution in [0.2, 0.25) is 0 Å². The highest BCUT2D eigenvalue weighted by Crippen LogP contribution is 2.18. The van der Waals surface area contributed by atoms with Gasteiger partial charge in [0, 0.05) is 25.8 Å². The van der Waals surface area contributed by atoms with Gasteiger partial charge in [-0.2, -0.15) is 0 Å². The number of ether oxygens (including phenoxy) is 1. The average Bonchev–Trinajstić information content (AvgIpc) is 2.37. The molecule has 1 saturated heterocycles. The summed E-state index contributed by atoms with van der Waals surface area (Å²) in [4.78, 5) is 34.5. The van der Waals surface area contributed by atoms with Gasteiger partial charge in [0.2, 0.25) is 11.8 Å². The number of carbonyl (C=O) groups is 3. The Morgan fingerprint density at radius 3 is 2.67 bits per heavy atom. The lowest BCUT2D eigenvalue weighted by Crippen LogP contribution is -2.31. The summed E-state index contributed by atoms with van der Waals surface area (Å²) in [6.07, 6.45) is 0.802. The van der Waals surface area contributed by atoms with Crippen molar-refractivity contribution < 1.29 is 19.1 Å². The molecule has 1 aliphatic rings. The molecular formula is C10H15NO4. The summed E-state index contributed by atoms with van der Waals surface area (Å²) >= 11 is 0. The Balaban J connectivity index is 2.29. The molecule has 0 spiro atoms. The Hall–Kier alpha value is -1.39. The molecule has 0 aromatic heterocycles. The van der Waals surface area contributed by atoms with Crippen LogP contribution >= 0.6 is 0 Å². The number of amides is 2. The van der Waals surface area contributed by atoms with Crippen molar-refractivity contribution in [3.8, 4) is 0 Å². The lowest BCUT2D eigenvalue weighted by Gasteiger charge is -2.13. The molecule has 5 nitrogen and oxygen atoms in total. The molecule has 84 valence electrons. The lowest BCUT2D eigenvalue weighted by molar-refractivity contribution is -0.141. The summed E-state index contributed by atoms with van der Waals surface area (Å²) in [5.41, 5.74) is 0. The van der Waals surface area contributed by atoms with Crippen LogP contribution in [0.4, 0.5) is 0 Å². The molecular weight excluding hydrogens is 198 g/mol. The maximum Gasteiger partial charge on any atom is 0.302 e. The van der Waals surface area contributed by atoms with Gasteiger partial charge in [0.25, 0.3) is 0 Å². The number of nitrogens with zero attached hydrogens (tertiary/aromatic N) is 1. The molecule has 0 N–H and O–H groups in total. The van der Waals surface area contributed by atoms with Gasteiger partial charge in [0.05, 0.1) is 6.61 Å². The van der Waals surface area contributed by atoms with Crippen LogP contribution in [0.25, 0.3) is 0 Å². The highest BCUT2D eigenvalue weighted by Gasteiger charge is 2.34. The van der Waals surface area contributed by atoms with Crippen molar-refractivity contribution in [1.29, 1.82) is 0 Å². The van der Waals surface area contributed by atoms with Crippen molar-refractivity contribution in [2.45, 2.75) is 26.7 Å². The van der Waals surface area contributed by atoms with E-state index in [1.165, 1.54) is 11.8 Å². The van der Waals surface area contributed by atoms with Gasteiger partial charge in [-0.3, -0.25) is 19.3 Å². The number of rotatable bonds is 4. The van der Waals surface area contributed by atoms with Crippen LogP contribution in [-0.2, 0) is 19.1 Å². The number of hydrogen-bond donors (Lipinski definition) is 0. The molecule has 0 aromatic carbocycles. The first-order valence-corrected chi connectivity index (χ1v) is 5.00. The molecule has 0 saturated carbocycles. The van der Waals surface area contributed by atoms with Gasteiger partial charge in [0.1, 0.15) is 0 Å². The molecule has 0 radical (unpaired) electrons. The molecule has 1 aliphatic heterocycles. The largest absolute Gasteiger partial charge is 0.466 e. The minimum Gasteiger partial charge on any atom is -0.466 e. The van der Waals surface area contributed by atoms with Crippen LogP contribution in [0.1, 0.15) is 26.7 Å². The summed E-state index contributed by atoms with van der Waals surface area (Å²) in [5.74, 6) is -0.799. The predicted octanol–water partition coefficient (Wildman–Crippen LogP) is 0.335. The van der Waals surface area contributed by atoms with Crippen molar-refractivity contribution in [3.63, 3.8) is 0 Å². The first-order chi connectivity index (χ1) is 7.02. The van der Waals surface area contributed by atoms with Crippen molar-refractivity contribution in [2.75, 3.05) is 13.2 Å². The fourth-order valence-electron chi connectivity index (χ4n) is 1.52. The third-order valence-corrected chi connectivity index (χ3v) is 2.30. The smallest absolute Gasteiger partial charge is 0.302 e. The SMILES string of the molecule is CC(=O)OCCCN1C(=O)CC(C)C1=O. The van der Waals surface area contributed by atoms with Gasteiger partial charge in [-0.1, -0.05) is 6.92 Å². The fourth-order valence-corrected chi connectivity index (χ4v) is 1.52. The first-order valence-electron chi connectivity index (χ1n) is 5.00. The molecule has 2 amide bonds. The van der Waals surface area contributed by atoms with E-state index in [1.807, 2.05) is 0 Å². The van der Waals surface area contributed by atoms with E-state index in [9.17, 15) is 14.4 Å². The summed E-state index contributed by atoms with van der Waals surface area (Å²) in [5, 5.41) is 0. The third-order valence-electron chi connectivity index (χ3n) is 2.30. The number of esters is 1. The fraction of sp³-hybridized carbons (Fsp3) is 0.700. The Kier molecular flexibility index (Phi) is 3.82. The number of hydrogen-bond acceptors (Lipinski definition) is 4. The predicted molar refractivity (Wildman–Crippen MR) is 51.8 cm³/mol. The molecule has 1 unspecified atom stereocenters. The molecule has 1 rings (SSSR count). The lowest BCUT2D eigenvalue weighted by atomic mass is 10.1. The average molecular weight is 213 g/mol. The molecule has 0 bridgehead atoms. The summed E-state index contributed by atoms with van der Waals surface area (Å²) in [6.45, 7) is 3.66. The molecule has 0 aliphatic carbocycles. The zero-order valence-electron chi connectivity index (χ0n) is 8.99.